The summed E-state index contributed by atoms with van der Waals surface area (Å²) >= 11 is 0. The van der Waals surface area contributed by atoms with Crippen LogP contribution in [0.3, 0.4) is 0 Å². The van der Waals surface area contributed by atoms with Gasteiger partial charge in [-0.15, -0.1) is 0 Å². The third-order valence-corrected chi connectivity index (χ3v) is 3.35. The summed E-state index contributed by atoms with van der Waals surface area (Å²) in [7, 11) is 1.92. The number of aromatic nitrogens is 3. The van der Waals surface area contributed by atoms with Crippen LogP contribution in [0, 0.1) is 0 Å². The third-order valence-electron chi connectivity index (χ3n) is 3.35. The molecule has 0 amide bonds. The molecule has 0 radical (unpaired) electrons. The van der Waals surface area contributed by atoms with Gasteiger partial charge in [0.25, 0.3) is 5.56 Å². The minimum absolute atomic E-state index is 0.123. The summed E-state index contributed by atoms with van der Waals surface area (Å²) in [5, 5.41) is 6.07. The molecule has 0 bridgehead atoms. The van der Waals surface area contributed by atoms with E-state index in [1.807, 2.05) is 18.3 Å². The van der Waals surface area contributed by atoms with Gasteiger partial charge in [-0.2, -0.15) is 10.1 Å². The van der Waals surface area contributed by atoms with Crippen LogP contribution in [0.4, 0.5) is 0 Å². The number of H-pyrrole nitrogens is 1. The van der Waals surface area contributed by atoms with Crippen molar-refractivity contribution in [2.45, 2.75) is 25.9 Å². The summed E-state index contributed by atoms with van der Waals surface area (Å²) in [5.41, 5.74) is 5.49. The second-order valence-corrected chi connectivity index (χ2v) is 4.96. The number of nitrogens with one attached hydrogen (secondary N) is 2. The van der Waals surface area contributed by atoms with E-state index in [1.165, 1.54) is 6.33 Å². The summed E-state index contributed by atoms with van der Waals surface area (Å²) in [6.45, 7) is 4.13. The Hall–Kier alpha value is -2.15. The van der Waals surface area contributed by atoms with E-state index in [9.17, 15) is 4.79 Å². The van der Waals surface area contributed by atoms with Crippen molar-refractivity contribution in [3.05, 3.63) is 34.0 Å². The van der Waals surface area contributed by atoms with E-state index >= 15 is 0 Å². The Labute approximate surface area is 109 Å². The normalized spacial score (nSPS) is 19.5. The predicted octanol–water partition coefficient (Wildman–Crippen LogP) is 0.623. The molecule has 0 spiro atoms. The molecule has 2 aromatic rings. The Balaban J connectivity index is 2.30. The monoisotopic (exact) mass is 260 g/mol. The van der Waals surface area contributed by atoms with E-state index in [4.69, 9.17) is 0 Å². The zero-order chi connectivity index (χ0) is 13.6. The molecule has 1 aliphatic heterocycles. The number of hydrogen-bond donors (Lipinski definition) is 2. The average Bonchev–Trinajstić information content (AvgIpc) is 2.92. The lowest BCUT2D eigenvalue weighted by Gasteiger charge is -2.19. The van der Waals surface area contributed by atoms with E-state index in [0.717, 1.165) is 11.1 Å². The summed E-state index contributed by atoms with van der Waals surface area (Å²) in [6, 6.07) is 0. The van der Waals surface area contributed by atoms with Gasteiger partial charge in [0.15, 0.2) is 0 Å². The van der Waals surface area contributed by atoms with Gasteiger partial charge in [-0.3, -0.25) is 4.79 Å². The van der Waals surface area contributed by atoms with Crippen molar-refractivity contribution in [3.63, 3.8) is 0 Å². The van der Waals surface area contributed by atoms with Crippen LogP contribution in [-0.4, -0.2) is 33.0 Å². The van der Waals surface area contributed by atoms with Crippen molar-refractivity contribution in [1.29, 1.82) is 0 Å². The van der Waals surface area contributed by atoms with E-state index in [2.05, 4.69) is 34.3 Å². The van der Waals surface area contributed by atoms with Crippen LogP contribution in [0.25, 0.3) is 5.52 Å². The van der Waals surface area contributed by atoms with Gasteiger partial charge in [0.05, 0.1) is 6.34 Å². The second-order valence-electron chi connectivity index (χ2n) is 4.96. The summed E-state index contributed by atoms with van der Waals surface area (Å²) in [6.07, 6.45) is 4.82. The molecule has 0 aromatic carbocycles. The van der Waals surface area contributed by atoms with Crippen LogP contribution in [0.15, 0.2) is 22.3 Å². The fraction of sp³-hybridized carbons (Fsp3) is 0.417. The Morgan fingerprint density at radius 1 is 1.42 bits per heavy atom. The molecule has 0 saturated heterocycles. The van der Waals surface area contributed by atoms with Crippen LogP contribution in [0.1, 0.15) is 37.1 Å². The lowest BCUT2D eigenvalue weighted by atomic mass is 9.98. The maximum Gasteiger partial charge on any atom is 0.275 e. The fourth-order valence-corrected chi connectivity index (χ4v) is 2.53. The maximum absolute atomic E-state index is 12.0. The number of rotatable bonds is 2. The van der Waals surface area contributed by atoms with Crippen molar-refractivity contribution in [3.8, 4) is 0 Å². The largest absolute Gasteiger partial charge is 0.310 e. The molecular weight excluding hydrogens is 244 g/mol. The van der Waals surface area contributed by atoms with Crippen LogP contribution >= 0.6 is 0 Å². The highest BCUT2D eigenvalue weighted by Crippen LogP contribution is 2.32. The molecule has 3 heterocycles. The van der Waals surface area contributed by atoms with Gasteiger partial charge < -0.3 is 10.4 Å². The van der Waals surface area contributed by atoms with Gasteiger partial charge in [0.2, 0.25) is 0 Å². The molecule has 100 valence electrons. The molecule has 3 rings (SSSR count). The number of aromatic amines is 1. The van der Waals surface area contributed by atoms with Gasteiger partial charge in [-0.05, 0) is 11.5 Å². The Bertz CT molecular complexity index is 698. The van der Waals surface area contributed by atoms with Gasteiger partial charge in [-0.25, -0.2) is 9.51 Å². The molecule has 7 heteroatoms. The molecule has 1 unspecified atom stereocenters. The molecule has 0 fully saturated rings. The highest BCUT2D eigenvalue weighted by Gasteiger charge is 2.27. The van der Waals surface area contributed by atoms with Crippen molar-refractivity contribution in [2.75, 3.05) is 7.05 Å². The van der Waals surface area contributed by atoms with Crippen molar-refractivity contribution in [2.24, 2.45) is 4.99 Å². The van der Waals surface area contributed by atoms with E-state index in [1.54, 1.807) is 10.9 Å². The molecule has 7 nitrogen and oxygen atoms in total. The van der Waals surface area contributed by atoms with Crippen molar-refractivity contribution >= 4 is 11.9 Å². The molecule has 0 saturated carbocycles. The van der Waals surface area contributed by atoms with Crippen LogP contribution in [0.5, 0.6) is 0 Å². The van der Waals surface area contributed by atoms with Gasteiger partial charge >= 0.3 is 0 Å². The highest BCUT2D eigenvalue weighted by molar-refractivity contribution is 5.62. The molecule has 2 aromatic heterocycles. The predicted molar refractivity (Wildman–Crippen MR) is 72.0 cm³/mol. The SMILES string of the molecule is CC(C)c1c(C2N=CNN2C)cn2nc[nH]c(=O)c12. The average molecular weight is 260 g/mol. The second kappa shape index (κ2) is 4.20. The van der Waals surface area contributed by atoms with E-state index < -0.39 is 0 Å². The van der Waals surface area contributed by atoms with Crippen LogP contribution in [0.2, 0.25) is 0 Å². The lowest BCUT2D eigenvalue weighted by Crippen LogP contribution is -2.29. The minimum Gasteiger partial charge on any atom is -0.310 e. The van der Waals surface area contributed by atoms with Gasteiger partial charge in [-0.1, -0.05) is 13.8 Å². The lowest BCUT2D eigenvalue weighted by molar-refractivity contribution is 0.243. The van der Waals surface area contributed by atoms with Gasteiger partial charge in [0, 0.05) is 18.8 Å². The molecule has 1 atom stereocenters. The zero-order valence-electron chi connectivity index (χ0n) is 11.1. The number of nitrogens with zero attached hydrogens (tertiary/aromatic N) is 4. The standard InChI is InChI=1S/C12H16N6O/c1-7(2)9-8(11-13-5-15-17(11)3)4-18-10(9)12(19)14-6-16-18/h4-7,11H,1-3H3,(H,13,15)(H,14,16,19). The first-order valence-electron chi connectivity index (χ1n) is 6.19. The fourth-order valence-electron chi connectivity index (χ4n) is 2.53. The molecular formula is C12H16N6O. The molecule has 19 heavy (non-hydrogen) atoms. The minimum atomic E-state index is -0.126. The first kappa shape index (κ1) is 11.9. The quantitative estimate of drug-likeness (QED) is 0.830. The van der Waals surface area contributed by atoms with E-state index in [0.29, 0.717) is 5.52 Å². The summed E-state index contributed by atoms with van der Waals surface area (Å²) in [5.74, 6) is 0.217. The number of fused-ring (bicyclic) bond motifs is 1. The molecule has 0 aliphatic carbocycles. The van der Waals surface area contributed by atoms with Crippen molar-refractivity contribution in [1.82, 2.24) is 25.0 Å². The smallest absolute Gasteiger partial charge is 0.275 e. The first-order chi connectivity index (χ1) is 9.09. The van der Waals surface area contributed by atoms with Crippen molar-refractivity contribution < 1.29 is 0 Å². The summed E-state index contributed by atoms with van der Waals surface area (Å²) in [4.78, 5) is 19.1. The summed E-state index contributed by atoms with van der Waals surface area (Å²) < 4.78 is 1.63. The van der Waals surface area contributed by atoms with E-state index in [-0.39, 0.29) is 17.6 Å². The number of hydrogen-bond acceptors (Lipinski definition) is 5. The van der Waals surface area contributed by atoms with Gasteiger partial charge in [0.1, 0.15) is 18.0 Å². The molecule has 2 N–H and O–H groups in total. The first-order valence-corrected chi connectivity index (χ1v) is 6.19. The Morgan fingerprint density at radius 3 is 2.84 bits per heavy atom. The topological polar surface area (TPSA) is 77.8 Å². The maximum atomic E-state index is 12.0. The number of aliphatic imine (C=N–C) groups is 1. The Morgan fingerprint density at radius 2 is 2.21 bits per heavy atom. The zero-order valence-corrected chi connectivity index (χ0v) is 11.1. The highest BCUT2D eigenvalue weighted by atomic mass is 16.1. The van der Waals surface area contributed by atoms with Crippen LogP contribution < -0.4 is 11.0 Å². The third kappa shape index (κ3) is 1.74. The van der Waals surface area contributed by atoms with Crippen LogP contribution in [-0.2, 0) is 0 Å². The molecule has 1 aliphatic rings. The Kier molecular flexibility index (Phi) is 2.63. The number of hydrazine groups is 1.